The Hall–Kier alpha value is -0.170. The second-order valence-electron chi connectivity index (χ2n) is 3.96. The molecule has 1 aliphatic heterocycles. The number of nitrogens with zero attached hydrogens (tertiary/aromatic N) is 1. The maximum Gasteiger partial charge on any atom is 0.279 e. The van der Waals surface area contributed by atoms with Gasteiger partial charge in [-0.2, -0.15) is 17.4 Å². The molecule has 0 saturated carbocycles. The topological polar surface area (TPSA) is 61.4 Å². The molecule has 90 valence electrons. The minimum absolute atomic E-state index is 0.0230. The van der Waals surface area contributed by atoms with Crippen molar-refractivity contribution < 1.29 is 8.42 Å². The van der Waals surface area contributed by atoms with Crippen molar-refractivity contribution >= 4 is 10.2 Å². The van der Waals surface area contributed by atoms with Gasteiger partial charge in [0.1, 0.15) is 0 Å². The summed E-state index contributed by atoms with van der Waals surface area (Å²) in [5.74, 6) is 0. The van der Waals surface area contributed by atoms with Crippen LogP contribution in [0.4, 0.5) is 0 Å². The average molecular weight is 235 g/mol. The molecule has 1 fully saturated rings. The molecule has 1 atom stereocenters. The molecule has 6 heteroatoms. The first-order valence-electron chi connectivity index (χ1n) is 5.54. The lowest BCUT2D eigenvalue weighted by Crippen LogP contribution is -2.52. The molecule has 0 aromatic carbocycles. The number of nitrogens with one attached hydrogen (secondary N) is 2. The van der Waals surface area contributed by atoms with Crippen molar-refractivity contribution in [3.8, 4) is 0 Å². The molecule has 0 amide bonds. The Morgan fingerprint density at radius 3 is 2.53 bits per heavy atom. The normalized spacial score (nSPS) is 21.5. The molecule has 5 nitrogen and oxygen atoms in total. The summed E-state index contributed by atoms with van der Waals surface area (Å²) in [7, 11) is -3.26. The first-order chi connectivity index (χ1) is 7.06. The van der Waals surface area contributed by atoms with E-state index in [4.69, 9.17) is 0 Å². The Morgan fingerprint density at radius 1 is 1.40 bits per heavy atom. The summed E-state index contributed by atoms with van der Waals surface area (Å²) in [6.45, 7) is 6.56. The molecule has 1 heterocycles. The smallest absolute Gasteiger partial charge is 0.279 e. The second kappa shape index (κ2) is 5.79. The van der Waals surface area contributed by atoms with Crippen molar-refractivity contribution in [1.29, 1.82) is 0 Å². The standard InChI is InChI=1S/C9H21N3O2S/c1-3-4-9(2)11-15(13,14)12-7-5-10-6-8-12/h9-11H,3-8H2,1-2H3. The van der Waals surface area contributed by atoms with E-state index in [0.717, 1.165) is 25.9 Å². The molecule has 1 saturated heterocycles. The third-order valence-electron chi connectivity index (χ3n) is 2.49. The Balaban J connectivity index is 2.49. The molecule has 2 N–H and O–H groups in total. The second-order valence-corrected chi connectivity index (χ2v) is 5.66. The monoisotopic (exact) mass is 235 g/mol. The van der Waals surface area contributed by atoms with Crippen LogP contribution in [-0.4, -0.2) is 44.9 Å². The zero-order valence-electron chi connectivity index (χ0n) is 9.49. The van der Waals surface area contributed by atoms with E-state index in [1.165, 1.54) is 4.31 Å². The SMILES string of the molecule is CCCC(C)NS(=O)(=O)N1CCNCC1. The summed E-state index contributed by atoms with van der Waals surface area (Å²) in [6.07, 6.45) is 1.87. The minimum Gasteiger partial charge on any atom is -0.314 e. The molecule has 0 aromatic heterocycles. The van der Waals surface area contributed by atoms with E-state index in [1.807, 2.05) is 6.92 Å². The van der Waals surface area contributed by atoms with Crippen molar-refractivity contribution in [2.75, 3.05) is 26.2 Å². The predicted octanol–water partition coefficient (Wildman–Crippen LogP) is -0.0854. The highest BCUT2D eigenvalue weighted by Crippen LogP contribution is 2.03. The van der Waals surface area contributed by atoms with E-state index < -0.39 is 10.2 Å². The zero-order valence-corrected chi connectivity index (χ0v) is 10.3. The fourth-order valence-electron chi connectivity index (χ4n) is 1.71. The molecular formula is C9H21N3O2S. The molecule has 0 aliphatic carbocycles. The summed E-state index contributed by atoms with van der Waals surface area (Å²) < 4.78 is 27.9. The van der Waals surface area contributed by atoms with Crippen LogP contribution < -0.4 is 10.0 Å². The van der Waals surface area contributed by atoms with Crippen LogP contribution in [0.25, 0.3) is 0 Å². The van der Waals surface area contributed by atoms with Gasteiger partial charge in [0.2, 0.25) is 0 Å². The summed E-state index contributed by atoms with van der Waals surface area (Å²) in [5.41, 5.74) is 0. The van der Waals surface area contributed by atoms with Crippen molar-refractivity contribution in [1.82, 2.24) is 14.3 Å². The lowest BCUT2D eigenvalue weighted by molar-refractivity contribution is 0.351. The largest absolute Gasteiger partial charge is 0.314 e. The first kappa shape index (κ1) is 12.9. The summed E-state index contributed by atoms with van der Waals surface area (Å²) in [4.78, 5) is 0. The fourth-order valence-corrected chi connectivity index (χ4v) is 3.14. The number of piperazine rings is 1. The average Bonchev–Trinajstić information content (AvgIpc) is 2.18. The zero-order chi connectivity index (χ0) is 11.3. The van der Waals surface area contributed by atoms with Gasteiger partial charge in [-0.25, -0.2) is 0 Å². The quantitative estimate of drug-likeness (QED) is 0.700. The van der Waals surface area contributed by atoms with Crippen molar-refractivity contribution in [2.45, 2.75) is 32.7 Å². The first-order valence-corrected chi connectivity index (χ1v) is 6.98. The van der Waals surface area contributed by atoms with Gasteiger partial charge in [-0.15, -0.1) is 0 Å². The fraction of sp³-hybridized carbons (Fsp3) is 1.00. The van der Waals surface area contributed by atoms with E-state index in [1.54, 1.807) is 0 Å². The summed E-state index contributed by atoms with van der Waals surface area (Å²) in [5, 5.41) is 3.13. The van der Waals surface area contributed by atoms with E-state index >= 15 is 0 Å². The Morgan fingerprint density at radius 2 is 2.00 bits per heavy atom. The highest BCUT2D eigenvalue weighted by atomic mass is 32.2. The predicted molar refractivity (Wildman–Crippen MR) is 60.9 cm³/mol. The molecule has 1 aliphatic rings. The maximum absolute atomic E-state index is 11.9. The Labute approximate surface area is 92.4 Å². The minimum atomic E-state index is -3.26. The van der Waals surface area contributed by atoms with E-state index in [0.29, 0.717) is 13.1 Å². The van der Waals surface area contributed by atoms with Crippen LogP contribution >= 0.6 is 0 Å². The van der Waals surface area contributed by atoms with Gasteiger partial charge in [0.25, 0.3) is 10.2 Å². The van der Waals surface area contributed by atoms with Crippen molar-refractivity contribution in [2.24, 2.45) is 0 Å². The van der Waals surface area contributed by atoms with Gasteiger partial charge in [0.05, 0.1) is 0 Å². The van der Waals surface area contributed by atoms with Crippen LogP contribution in [0.5, 0.6) is 0 Å². The van der Waals surface area contributed by atoms with Crippen LogP contribution in [0.2, 0.25) is 0 Å². The van der Waals surface area contributed by atoms with E-state index in [9.17, 15) is 8.42 Å². The molecular weight excluding hydrogens is 214 g/mol. The van der Waals surface area contributed by atoms with Crippen LogP contribution in [0.1, 0.15) is 26.7 Å². The number of hydrogen-bond donors (Lipinski definition) is 2. The van der Waals surface area contributed by atoms with Crippen molar-refractivity contribution in [3.63, 3.8) is 0 Å². The van der Waals surface area contributed by atoms with Crippen LogP contribution in [0, 0.1) is 0 Å². The van der Waals surface area contributed by atoms with Crippen LogP contribution in [0.15, 0.2) is 0 Å². The van der Waals surface area contributed by atoms with E-state index in [-0.39, 0.29) is 6.04 Å². The molecule has 0 radical (unpaired) electrons. The Kier molecular flexibility index (Phi) is 4.98. The molecule has 1 rings (SSSR count). The van der Waals surface area contributed by atoms with Gasteiger partial charge in [-0.1, -0.05) is 13.3 Å². The maximum atomic E-state index is 11.9. The molecule has 1 unspecified atom stereocenters. The molecule has 0 spiro atoms. The highest BCUT2D eigenvalue weighted by Gasteiger charge is 2.24. The summed E-state index contributed by atoms with van der Waals surface area (Å²) in [6, 6.07) is 0.0230. The molecule has 0 bridgehead atoms. The van der Waals surface area contributed by atoms with Gasteiger partial charge >= 0.3 is 0 Å². The van der Waals surface area contributed by atoms with Crippen molar-refractivity contribution in [3.05, 3.63) is 0 Å². The Bertz CT molecular complexity index is 273. The highest BCUT2D eigenvalue weighted by molar-refractivity contribution is 7.87. The van der Waals surface area contributed by atoms with E-state index in [2.05, 4.69) is 17.0 Å². The number of hydrogen-bond acceptors (Lipinski definition) is 3. The van der Waals surface area contributed by atoms with Gasteiger partial charge in [-0.3, -0.25) is 0 Å². The van der Waals surface area contributed by atoms with Crippen LogP contribution in [0.3, 0.4) is 0 Å². The lowest BCUT2D eigenvalue weighted by Gasteiger charge is -2.28. The number of rotatable bonds is 5. The van der Waals surface area contributed by atoms with Gasteiger partial charge < -0.3 is 5.32 Å². The summed E-state index contributed by atoms with van der Waals surface area (Å²) >= 11 is 0. The van der Waals surface area contributed by atoms with Crippen LogP contribution in [-0.2, 0) is 10.2 Å². The third-order valence-corrected chi connectivity index (χ3v) is 4.23. The van der Waals surface area contributed by atoms with Gasteiger partial charge in [0.15, 0.2) is 0 Å². The van der Waals surface area contributed by atoms with Gasteiger partial charge in [0, 0.05) is 32.2 Å². The molecule has 15 heavy (non-hydrogen) atoms. The molecule has 0 aromatic rings. The lowest BCUT2D eigenvalue weighted by atomic mass is 10.2. The van der Waals surface area contributed by atoms with Gasteiger partial charge in [-0.05, 0) is 13.3 Å². The third kappa shape index (κ3) is 4.06.